The standard InChI is InChI=1S/C11H11N3O2.C2H6/c1-6-10-7(11(12)16)3-2-4-8(10)14-9(5-15)13-6;1-2/h2-4,15H,1,5H2,(H2,12,16)(H,13,14);1-2H3. The molecule has 18 heavy (non-hydrogen) atoms. The number of nitrogens with zero attached hydrogens (tertiary/aromatic N) is 1. The van der Waals surface area contributed by atoms with Crippen molar-refractivity contribution in [1.29, 1.82) is 0 Å². The topological polar surface area (TPSA) is 87.7 Å². The molecule has 1 heterocycles. The number of hydrogen-bond donors (Lipinski definition) is 3. The van der Waals surface area contributed by atoms with Crippen LogP contribution in [-0.2, 0) is 0 Å². The van der Waals surface area contributed by atoms with Gasteiger partial charge in [0.15, 0.2) is 0 Å². The Morgan fingerprint density at radius 3 is 2.72 bits per heavy atom. The summed E-state index contributed by atoms with van der Waals surface area (Å²) in [6.07, 6.45) is 0. The van der Waals surface area contributed by atoms with Crippen molar-refractivity contribution in [2.24, 2.45) is 10.7 Å². The number of benzene rings is 1. The van der Waals surface area contributed by atoms with Gasteiger partial charge in [0.05, 0.1) is 11.3 Å². The van der Waals surface area contributed by atoms with Gasteiger partial charge in [0, 0.05) is 11.3 Å². The lowest BCUT2D eigenvalue weighted by Crippen LogP contribution is -2.29. The molecule has 0 spiro atoms. The maximum absolute atomic E-state index is 11.2. The molecule has 0 aromatic heterocycles. The summed E-state index contributed by atoms with van der Waals surface area (Å²) < 4.78 is 0. The molecule has 0 bridgehead atoms. The zero-order valence-electron chi connectivity index (χ0n) is 10.5. The van der Waals surface area contributed by atoms with Crippen molar-refractivity contribution in [2.75, 3.05) is 6.61 Å². The Kier molecular flexibility index (Phi) is 4.62. The van der Waals surface area contributed by atoms with Crippen LogP contribution in [0.15, 0.2) is 29.8 Å². The third-order valence-corrected chi connectivity index (χ3v) is 2.31. The molecule has 4 N–H and O–H groups in total. The quantitative estimate of drug-likeness (QED) is 0.738. The molecule has 1 aliphatic rings. The van der Waals surface area contributed by atoms with Gasteiger partial charge in [0.2, 0.25) is 5.91 Å². The van der Waals surface area contributed by atoms with Crippen LogP contribution in [0.25, 0.3) is 5.70 Å². The zero-order chi connectivity index (χ0) is 13.7. The molecule has 5 nitrogen and oxygen atoms in total. The second kappa shape index (κ2) is 5.97. The van der Waals surface area contributed by atoms with Gasteiger partial charge < -0.3 is 16.2 Å². The first-order valence-electron chi connectivity index (χ1n) is 5.71. The number of aliphatic hydroxyl groups is 1. The van der Waals surface area contributed by atoms with E-state index in [1.165, 1.54) is 0 Å². The number of nitrogens with two attached hydrogens (primary N) is 1. The van der Waals surface area contributed by atoms with E-state index in [9.17, 15) is 4.79 Å². The minimum absolute atomic E-state index is 0.209. The first-order chi connectivity index (χ1) is 8.63. The number of carbonyl (C=O) groups excluding carboxylic acids is 1. The van der Waals surface area contributed by atoms with Gasteiger partial charge in [-0.2, -0.15) is 0 Å². The van der Waals surface area contributed by atoms with Gasteiger partial charge in [-0.25, -0.2) is 4.99 Å². The summed E-state index contributed by atoms with van der Waals surface area (Å²) in [5, 5.41) is 11.8. The monoisotopic (exact) mass is 247 g/mol. The maximum Gasteiger partial charge on any atom is 0.249 e. The van der Waals surface area contributed by atoms with Crippen LogP contribution < -0.4 is 11.1 Å². The highest BCUT2D eigenvalue weighted by atomic mass is 16.3. The van der Waals surface area contributed by atoms with Crippen molar-refractivity contribution < 1.29 is 9.90 Å². The highest BCUT2D eigenvalue weighted by molar-refractivity contribution is 6.05. The number of amides is 1. The van der Waals surface area contributed by atoms with Gasteiger partial charge >= 0.3 is 0 Å². The number of nitrogens with one attached hydrogen (secondary N) is 1. The Balaban J connectivity index is 0.000000771. The Hall–Kier alpha value is -2.14. The zero-order valence-corrected chi connectivity index (χ0v) is 10.5. The van der Waals surface area contributed by atoms with Crippen LogP contribution >= 0.6 is 0 Å². The summed E-state index contributed by atoms with van der Waals surface area (Å²) in [5.41, 5.74) is 7.33. The van der Waals surface area contributed by atoms with Crippen molar-refractivity contribution in [3.8, 4) is 0 Å². The van der Waals surface area contributed by atoms with Crippen LogP contribution in [0.5, 0.6) is 0 Å². The minimum Gasteiger partial charge on any atom is -0.388 e. The lowest BCUT2D eigenvalue weighted by molar-refractivity contribution is 0.1000. The number of hydrogen-bond acceptors (Lipinski definition) is 4. The van der Waals surface area contributed by atoms with Crippen molar-refractivity contribution in [3.63, 3.8) is 0 Å². The SMILES string of the molecule is C=C1NC(CO)=Nc2cccc(C(N)=O)c21.CC. The van der Waals surface area contributed by atoms with E-state index in [0.717, 1.165) is 0 Å². The van der Waals surface area contributed by atoms with Crippen LogP contribution in [-0.4, -0.2) is 23.5 Å². The third kappa shape index (κ3) is 2.57. The van der Waals surface area contributed by atoms with Crippen LogP contribution in [0.3, 0.4) is 0 Å². The minimum atomic E-state index is -0.526. The molecule has 0 saturated carbocycles. The number of fused-ring (bicyclic) bond motifs is 1. The lowest BCUT2D eigenvalue weighted by atomic mass is 10.0. The summed E-state index contributed by atoms with van der Waals surface area (Å²) in [6.45, 7) is 7.58. The smallest absolute Gasteiger partial charge is 0.249 e. The molecular formula is C13H17N3O2. The van der Waals surface area contributed by atoms with E-state index in [-0.39, 0.29) is 6.61 Å². The Labute approximate surface area is 106 Å². The lowest BCUT2D eigenvalue weighted by Gasteiger charge is -2.20. The van der Waals surface area contributed by atoms with Gasteiger partial charge in [-0.1, -0.05) is 26.5 Å². The summed E-state index contributed by atoms with van der Waals surface area (Å²) >= 11 is 0. The number of primary amides is 1. The first-order valence-corrected chi connectivity index (χ1v) is 5.71. The summed E-state index contributed by atoms with van der Waals surface area (Å²) in [5.74, 6) is -0.124. The predicted octanol–water partition coefficient (Wildman–Crippen LogP) is 1.41. The molecule has 1 aromatic rings. The van der Waals surface area contributed by atoms with E-state index < -0.39 is 5.91 Å². The van der Waals surface area contributed by atoms with Crippen molar-refractivity contribution >= 4 is 23.1 Å². The fourth-order valence-electron chi connectivity index (χ4n) is 1.64. The molecule has 0 aliphatic carbocycles. The van der Waals surface area contributed by atoms with E-state index in [2.05, 4.69) is 16.9 Å². The normalized spacial score (nSPS) is 12.6. The maximum atomic E-state index is 11.2. The summed E-state index contributed by atoms with van der Waals surface area (Å²) in [6, 6.07) is 5.05. The first kappa shape index (κ1) is 13.9. The molecule has 1 aromatic carbocycles. The second-order valence-electron chi connectivity index (χ2n) is 3.38. The highest BCUT2D eigenvalue weighted by Crippen LogP contribution is 2.30. The van der Waals surface area contributed by atoms with Crippen molar-refractivity contribution in [2.45, 2.75) is 13.8 Å². The molecule has 0 atom stereocenters. The molecule has 0 fully saturated rings. The average Bonchev–Trinajstić information content (AvgIpc) is 2.40. The van der Waals surface area contributed by atoms with Gasteiger partial charge in [-0.3, -0.25) is 4.79 Å². The van der Waals surface area contributed by atoms with E-state index in [0.29, 0.717) is 28.3 Å². The van der Waals surface area contributed by atoms with E-state index in [1.54, 1.807) is 18.2 Å². The molecule has 2 rings (SSSR count). The average molecular weight is 247 g/mol. The van der Waals surface area contributed by atoms with Crippen LogP contribution in [0.4, 0.5) is 5.69 Å². The number of amidine groups is 1. The number of aliphatic imine (C=N–C) groups is 1. The molecule has 5 heteroatoms. The van der Waals surface area contributed by atoms with Crippen LogP contribution in [0.2, 0.25) is 0 Å². The third-order valence-electron chi connectivity index (χ3n) is 2.31. The van der Waals surface area contributed by atoms with Gasteiger partial charge in [-0.05, 0) is 12.1 Å². The van der Waals surface area contributed by atoms with Gasteiger partial charge in [0.1, 0.15) is 12.4 Å². The van der Waals surface area contributed by atoms with Crippen molar-refractivity contribution in [3.05, 3.63) is 35.9 Å². The highest BCUT2D eigenvalue weighted by Gasteiger charge is 2.19. The van der Waals surface area contributed by atoms with Crippen molar-refractivity contribution in [1.82, 2.24) is 5.32 Å². The summed E-state index contributed by atoms with van der Waals surface area (Å²) in [7, 11) is 0. The molecule has 96 valence electrons. The largest absolute Gasteiger partial charge is 0.388 e. The van der Waals surface area contributed by atoms with Crippen LogP contribution in [0.1, 0.15) is 29.8 Å². The molecule has 0 radical (unpaired) electrons. The number of rotatable bonds is 2. The van der Waals surface area contributed by atoms with Gasteiger partial charge in [0.25, 0.3) is 0 Å². The van der Waals surface area contributed by atoms with Gasteiger partial charge in [-0.15, -0.1) is 0 Å². The van der Waals surface area contributed by atoms with E-state index in [4.69, 9.17) is 10.8 Å². The number of aliphatic hydroxyl groups excluding tert-OH is 1. The molecule has 0 unspecified atom stereocenters. The fourth-order valence-corrected chi connectivity index (χ4v) is 1.64. The Morgan fingerprint density at radius 2 is 2.17 bits per heavy atom. The fraction of sp³-hybridized carbons (Fsp3) is 0.231. The second-order valence-corrected chi connectivity index (χ2v) is 3.38. The molecule has 0 saturated heterocycles. The van der Waals surface area contributed by atoms with Crippen LogP contribution in [0, 0.1) is 0 Å². The van der Waals surface area contributed by atoms with E-state index >= 15 is 0 Å². The predicted molar refractivity (Wildman–Crippen MR) is 72.7 cm³/mol. The Bertz CT molecular complexity index is 507. The number of carbonyl (C=O) groups is 1. The molecule has 1 aliphatic heterocycles. The summed E-state index contributed by atoms with van der Waals surface area (Å²) in [4.78, 5) is 15.4. The molecule has 1 amide bonds. The van der Waals surface area contributed by atoms with E-state index in [1.807, 2.05) is 13.8 Å². The molecular weight excluding hydrogens is 230 g/mol. The Morgan fingerprint density at radius 1 is 1.50 bits per heavy atom.